The minimum atomic E-state index is -1.11. The summed E-state index contributed by atoms with van der Waals surface area (Å²) >= 11 is 0. The molecule has 2 N–H and O–H groups in total. The Hall–Kier alpha value is -2.17. The molecule has 1 unspecified atom stereocenters. The average molecular weight is 299 g/mol. The van der Waals surface area contributed by atoms with Crippen LogP contribution in [0, 0.1) is 0 Å². The third-order valence-corrected chi connectivity index (χ3v) is 3.49. The average Bonchev–Trinajstić information content (AvgIpc) is 2.54. The monoisotopic (exact) mass is 299 g/mol. The summed E-state index contributed by atoms with van der Waals surface area (Å²) in [5, 5.41) is 13.3. The first-order valence-electron chi connectivity index (χ1n) is 7.17. The van der Waals surface area contributed by atoms with Crippen molar-refractivity contribution in [3.63, 3.8) is 0 Å². The number of carbonyl (C=O) groups excluding carboxylic acids is 1. The van der Waals surface area contributed by atoms with E-state index in [0.29, 0.717) is 12.2 Å². The van der Waals surface area contributed by atoms with Crippen molar-refractivity contribution in [1.82, 2.24) is 5.32 Å². The quantitative estimate of drug-likeness (QED) is 0.861. The number of benzene rings is 2. The molecule has 2 rings (SSSR count). The molecule has 0 spiro atoms. The predicted octanol–water partition coefficient (Wildman–Crippen LogP) is 2.47. The Kier molecular flexibility index (Phi) is 5.31. The lowest BCUT2D eigenvalue weighted by atomic mass is 9.96. The van der Waals surface area contributed by atoms with E-state index in [1.54, 1.807) is 26.2 Å². The lowest BCUT2D eigenvalue weighted by Gasteiger charge is -2.24. The molecule has 0 fully saturated rings. The van der Waals surface area contributed by atoms with Gasteiger partial charge >= 0.3 is 0 Å². The molecule has 0 saturated heterocycles. The molecule has 0 bridgehead atoms. The molecular weight excluding hydrogens is 278 g/mol. The zero-order valence-corrected chi connectivity index (χ0v) is 12.9. The van der Waals surface area contributed by atoms with Gasteiger partial charge in [0.2, 0.25) is 0 Å². The maximum atomic E-state index is 12.2. The summed E-state index contributed by atoms with van der Waals surface area (Å²) in [5.74, 6) is -0.214. The van der Waals surface area contributed by atoms with Crippen molar-refractivity contribution in [2.45, 2.75) is 19.1 Å². The molecule has 0 saturated carbocycles. The maximum Gasteiger partial charge on any atom is 0.251 e. The molecule has 22 heavy (non-hydrogen) atoms. The summed E-state index contributed by atoms with van der Waals surface area (Å²) in [4.78, 5) is 12.2. The van der Waals surface area contributed by atoms with E-state index < -0.39 is 5.60 Å². The highest BCUT2D eigenvalue weighted by Crippen LogP contribution is 2.19. The topological polar surface area (TPSA) is 58.6 Å². The van der Waals surface area contributed by atoms with Crippen LogP contribution in [-0.2, 0) is 16.9 Å². The highest BCUT2D eigenvalue weighted by molar-refractivity contribution is 5.94. The van der Waals surface area contributed by atoms with Gasteiger partial charge in [-0.2, -0.15) is 0 Å². The van der Waals surface area contributed by atoms with Gasteiger partial charge in [0.25, 0.3) is 5.91 Å². The second-order valence-electron chi connectivity index (χ2n) is 5.46. The molecule has 2 aromatic rings. The number of hydrogen-bond donors (Lipinski definition) is 2. The number of ether oxygens (including phenoxy) is 1. The van der Waals surface area contributed by atoms with Gasteiger partial charge in [-0.1, -0.05) is 42.5 Å². The van der Waals surface area contributed by atoms with Crippen LogP contribution in [0.1, 0.15) is 28.4 Å². The molecule has 0 aliphatic heterocycles. The number of methoxy groups -OCH3 is 1. The minimum Gasteiger partial charge on any atom is -0.384 e. The zero-order chi connectivity index (χ0) is 16.0. The van der Waals surface area contributed by atoms with Crippen molar-refractivity contribution < 1.29 is 14.6 Å². The third kappa shape index (κ3) is 4.16. The summed E-state index contributed by atoms with van der Waals surface area (Å²) in [6.45, 7) is 2.29. The third-order valence-electron chi connectivity index (χ3n) is 3.49. The first-order valence-corrected chi connectivity index (χ1v) is 7.17. The van der Waals surface area contributed by atoms with Crippen LogP contribution in [-0.4, -0.2) is 24.7 Å². The van der Waals surface area contributed by atoms with Gasteiger partial charge in [0, 0.05) is 12.7 Å². The number of rotatable bonds is 6. The lowest BCUT2D eigenvalue weighted by Crippen LogP contribution is -2.38. The van der Waals surface area contributed by atoms with E-state index in [1.807, 2.05) is 42.5 Å². The van der Waals surface area contributed by atoms with Gasteiger partial charge < -0.3 is 15.2 Å². The number of aliphatic hydroxyl groups is 1. The van der Waals surface area contributed by atoms with Crippen LogP contribution in [0.4, 0.5) is 0 Å². The highest BCUT2D eigenvalue weighted by atomic mass is 16.5. The van der Waals surface area contributed by atoms with Gasteiger partial charge in [0.05, 0.1) is 13.2 Å². The Morgan fingerprint density at radius 2 is 1.91 bits per heavy atom. The second kappa shape index (κ2) is 7.20. The Morgan fingerprint density at radius 3 is 2.59 bits per heavy atom. The highest BCUT2D eigenvalue weighted by Gasteiger charge is 2.23. The van der Waals surface area contributed by atoms with Crippen LogP contribution < -0.4 is 5.32 Å². The van der Waals surface area contributed by atoms with Crippen LogP contribution in [0.25, 0.3) is 0 Å². The first-order chi connectivity index (χ1) is 10.5. The molecule has 0 aliphatic rings. The number of amides is 1. The summed E-state index contributed by atoms with van der Waals surface area (Å²) in [7, 11) is 1.61. The second-order valence-corrected chi connectivity index (χ2v) is 5.46. The standard InChI is InChI=1S/C18H21NO3/c1-18(21,16-9-4-3-5-10-16)13-19-17(20)15-8-6-7-14(11-15)12-22-2/h3-11,21H,12-13H2,1-2H3,(H,19,20). The maximum absolute atomic E-state index is 12.2. The Balaban J connectivity index is 2.02. The largest absolute Gasteiger partial charge is 0.384 e. The van der Waals surface area contributed by atoms with Gasteiger partial charge in [-0.15, -0.1) is 0 Å². The summed E-state index contributed by atoms with van der Waals surface area (Å²) in [6.07, 6.45) is 0. The van der Waals surface area contributed by atoms with E-state index in [4.69, 9.17) is 4.74 Å². The molecule has 1 atom stereocenters. The fourth-order valence-corrected chi connectivity index (χ4v) is 2.22. The normalized spacial score (nSPS) is 13.4. The van der Waals surface area contributed by atoms with Crippen molar-refractivity contribution in [3.05, 3.63) is 71.3 Å². The van der Waals surface area contributed by atoms with Crippen molar-refractivity contribution >= 4 is 5.91 Å². The van der Waals surface area contributed by atoms with E-state index >= 15 is 0 Å². The zero-order valence-electron chi connectivity index (χ0n) is 12.9. The molecule has 0 radical (unpaired) electrons. The SMILES string of the molecule is COCc1cccc(C(=O)NCC(C)(O)c2ccccc2)c1. The first kappa shape index (κ1) is 16.2. The van der Waals surface area contributed by atoms with Gasteiger partial charge in [0.15, 0.2) is 0 Å². The van der Waals surface area contributed by atoms with E-state index in [-0.39, 0.29) is 12.5 Å². The van der Waals surface area contributed by atoms with Gasteiger partial charge in [-0.05, 0) is 30.2 Å². The van der Waals surface area contributed by atoms with E-state index in [2.05, 4.69) is 5.32 Å². The fraction of sp³-hybridized carbons (Fsp3) is 0.278. The molecule has 0 aliphatic carbocycles. The van der Waals surface area contributed by atoms with E-state index in [1.165, 1.54) is 0 Å². The molecular formula is C18H21NO3. The lowest BCUT2D eigenvalue weighted by molar-refractivity contribution is 0.0526. The molecule has 4 heteroatoms. The molecule has 0 heterocycles. The van der Waals surface area contributed by atoms with Gasteiger partial charge in [-0.25, -0.2) is 0 Å². The molecule has 0 aromatic heterocycles. The Bertz CT molecular complexity index is 623. The molecule has 1 amide bonds. The predicted molar refractivity (Wildman–Crippen MR) is 85.5 cm³/mol. The van der Waals surface area contributed by atoms with Crippen molar-refractivity contribution in [2.75, 3.05) is 13.7 Å². The van der Waals surface area contributed by atoms with Gasteiger partial charge in [-0.3, -0.25) is 4.79 Å². The summed E-state index contributed by atoms with van der Waals surface area (Å²) < 4.78 is 5.06. The van der Waals surface area contributed by atoms with Crippen molar-refractivity contribution in [3.8, 4) is 0 Å². The van der Waals surface area contributed by atoms with Crippen LogP contribution >= 0.6 is 0 Å². The van der Waals surface area contributed by atoms with Crippen LogP contribution in [0.2, 0.25) is 0 Å². The smallest absolute Gasteiger partial charge is 0.251 e. The number of nitrogens with one attached hydrogen (secondary N) is 1. The Labute approximate surface area is 130 Å². The molecule has 4 nitrogen and oxygen atoms in total. The van der Waals surface area contributed by atoms with Crippen LogP contribution in [0.15, 0.2) is 54.6 Å². The molecule has 116 valence electrons. The molecule has 2 aromatic carbocycles. The number of hydrogen-bond acceptors (Lipinski definition) is 3. The van der Waals surface area contributed by atoms with Crippen molar-refractivity contribution in [2.24, 2.45) is 0 Å². The Morgan fingerprint density at radius 1 is 1.18 bits per heavy atom. The van der Waals surface area contributed by atoms with Gasteiger partial charge in [0.1, 0.15) is 5.60 Å². The van der Waals surface area contributed by atoms with Crippen LogP contribution in [0.3, 0.4) is 0 Å². The fourth-order valence-electron chi connectivity index (χ4n) is 2.22. The van der Waals surface area contributed by atoms with Crippen molar-refractivity contribution in [1.29, 1.82) is 0 Å². The summed E-state index contributed by atoms with van der Waals surface area (Å²) in [6, 6.07) is 16.5. The number of carbonyl (C=O) groups is 1. The summed E-state index contributed by atoms with van der Waals surface area (Å²) in [5.41, 5.74) is 1.15. The minimum absolute atomic E-state index is 0.143. The van der Waals surface area contributed by atoms with E-state index in [0.717, 1.165) is 11.1 Å². The van der Waals surface area contributed by atoms with Crippen LogP contribution in [0.5, 0.6) is 0 Å². The van der Waals surface area contributed by atoms with E-state index in [9.17, 15) is 9.90 Å².